The van der Waals surface area contributed by atoms with Crippen molar-refractivity contribution in [2.75, 3.05) is 6.61 Å². The van der Waals surface area contributed by atoms with Gasteiger partial charge in [-0.25, -0.2) is 4.39 Å². The van der Waals surface area contributed by atoms with E-state index >= 15 is 0 Å². The molecule has 3 nitrogen and oxygen atoms in total. The molecule has 0 aliphatic heterocycles. The summed E-state index contributed by atoms with van der Waals surface area (Å²) in [6.45, 7) is 3.90. The highest BCUT2D eigenvalue weighted by Gasteiger charge is 2.14. The predicted octanol–water partition coefficient (Wildman–Crippen LogP) is 5.10. The summed E-state index contributed by atoms with van der Waals surface area (Å²) in [5.74, 6) is -0.228. The van der Waals surface area contributed by atoms with Gasteiger partial charge in [-0.3, -0.25) is 0 Å². The van der Waals surface area contributed by atoms with Crippen molar-refractivity contribution in [1.29, 1.82) is 0 Å². The van der Waals surface area contributed by atoms with E-state index in [0.29, 0.717) is 12.8 Å². The summed E-state index contributed by atoms with van der Waals surface area (Å²) in [6.07, 6.45) is 0.563. The third-order valence-corrected chi connectivity index (χ3v) is 6.12. The number of aryl methyl sites for hydroxylation is 1. The molecular formula is C24H27FO3S. The zero-order valence-corrected chi connectivity index (χ0v) is 17.6. The summed E-state index contributed by atoms with van der Waals surface area (Å²) < 4.78 is 18.6. The molecule has 154 valence electrons. The fourth-order valence-corrected chi connectivity index (χ4v) is 4.25. The van der Waals surface area contributed by atoms with Crippen molar-refractivity contribution < 1.29 is 19.3 Å². The zero-order chi connectivity index (χ0) is 20.8. The molecule has 0 radical (unpaired) electrons. The van der Waals surface area contributed by atoms with E-state index in [9.17, 15) is 14.6 Å². The monoisotopic (exact) mass is 414 g/mol. The molecule has 2 unspecified atom stereocenters. The van der Waals surface area contributed by atoms with Crippen molar-refractivity contribution in [3.05, 3.63) is 82.0 Å². The largest absolute Gasteiger partial charge is 0.394 e. The van der Waals surface area contributed by atoms with Crippen LogP contribution in [0.25, 0.3) is 10.4 Å². The van der Waals surface area contributed by atoms with Gasteiger partial charge in [-0.1, -0.05) is 37.3 Å². The Hall–Kier alpha value is -2.05. The highest BCUT2D eigenvalue weighted by Crippen LogP contribution is 2.30. The van der Waals surface area contributed by atoms with Crippen molar-refractivity contribution in [2.24, 2.45) is 0 Å². The molecule has 0 aliphatic carbocycles. The first-order valence-corrected chi connectivity index (χ1v) is 10.7. The van der Waals surface area contributed by atoms with E-state index < -0.39 is 6.29 Å². The maximum atomic E-state index is 13.1. The van der Waals surface area contributed by atoms with Gasteiger partial charge >= 0.3 is 0 Å². The van der Waals surface area contributed by atoms with E-state index in [2.05, 4.69) is 31.2 Å². The Morgan fingerprint density at radius 2 is 1.83 bits per heavy atom. The Morgan fingerprint density at radius 1 is 1.07 bits per heavy atom. The molecule has 0 amide bonds. The number of hydrogen-bond acceptors (Lipinski definition) is 4. The number of benzene rings is 2. The van der Waals surface area contributed by atoms with E-state index in [1.54, 1.807) is 23.5 Å². The van der Waals surface area contributed by atoms with Gasteiger partial charge in [0.25, 0.3) is 0 Å². The second-order valence-corrected chi connectivity index (χ2v) is 8.39. The SMILES string of the molecule is CCC(CO)OC(O)Cc1ccc(C)c(Cc2ccc(-c3ccc(F)cc3)s2)c1. The van der Waals surface area contributed by atoms with E-state index in [1.165, 1.54) is 28.1 Å². The van der Waals surface area contributed by atoms with Gasteiger partial charge in [0, 0.05) is 22.6 Å². The van der Waals surface area contributed by atoms with Crippen LogP contribution in [0, 0.1) is 12.7 Å². The van der Waals surface area contributed by atoms with E-state index in [1.807, 2.05) is 13.0 Å². The summed E-state index contributed by atoms with van der Waals surface area (Å²) >= 11 is 1.71. The predicted molar refractivity (Wildman–Crippen MR) is 116 cm³/mol. The maximum absolute atomic E-state index is 13.1. The molecule has 5 heteroatoms. The summed E-state index contributed by atoms with van der Waals surface area (Å²) in [6, 6.07) is 16.9. The molecule has 3 aromatic rings. The number of aliphatic hydroxyl groups excluding tert-OH is 2. The molecule has 0 bridgehead atoms. The quantitative estimate of drug-likeness (QED) is 0.479. The first-order chi connectivity index (χ1) is 14.0. The normalized spacial score (nSPS) is 13.4. The number of rotatable bonds is 9. The van der Waals surface area contributed by atoms with Crippen LogP contribution in [-0.4, -0.2) is 29.2 Å². The van der Waals surface area contributed by atoms with Crippen LogP contribution in [0.1, 0.15) is 34.9 Å². The number of hydrogen-bond donors (Lipinski definition) is 2. The lowest BCUT2D eigenvalue weighted by Gasteiger charge is -2.19. The van der Waals surface area contributed by atoms with Crippen molar-refractivity contribution in [3.63, 3.8) is 0 Å². The first kappa shape index (κ1) is 21.7. The molecule has 3 rings (SSSR count). The second kappa shape index (κ2) is 10.1. The average Bonchev–Trinajstić information content (AvgIpc) is 3.17. The van der Waals surface area contributed by atoms with Crippen molar-refractivity contribution in [1.82, 2.24) is 0 Å². The molecule has 0 aliphatic rings. The Bertz CT molecular complexity index is 916. The summed E-state index contributed by atoms with van der Waals surface area (Å²) in [7, 11) is 0. The van der Waals surface area contributed by atoms with Gasteiger partial charge in [-0.2, -0.15) is 0 Å². The van der Waals surface area contributed by atoms with Gasteiger partial charge in [0.1, 0.15) is 5.82 Å². The smallest absolute Gasteiger partial charge is 0.159 e. The lowest BCUT2D eigenvalue weighted by atomic mass is 10.00. The van der Waals surface area contributed by atoms with Gasteiger partial charge in [-0.15, -0.1) is 11.3 Å². The van der Waals surface area contributed by atoms with Gasteiger partial charge in [0.15, 0.2) is 6.29 Å². The van der Waals surface area contributed by atoms with Crippen LogP contribution in [0.15, 0.2) is 54.6 Å². The molecule has 1 heterocycles. The summed E-state index contributed by atoms with van der Waals surface area (Å²) in [5.41, 5.74) is 4.42. The molecule has 0 saturated heterocycles. The van der Waals surface area contributed by atoms with Crippen LogP contribution in [0.3, 0.4) is 0 Å². The van der Waals surface area contributed by atoms with Crippen molar-refractivity contribution in [3.8, 4) is 10.4 Å². The van der Waals surface area contributed by atoms with Crippen LogP contribution >= 0.6 is 11.3 Å². The fraction of sp³-hybridized carbons (Fsp3) is 0.333. The minimum Gasteiger partial charge on any atom is -0.394 e. The second-order valence-electron chi connectivity index (χ2n) is 7.22. The highest BCUT2D eigenvalue weighted by atomic mass is 32.1. The molecule has 0 fully saturated rings. The van der Waals surface area contributed by atoms with Crippen LogP contribution in [0.4, 0.5) is 4.39 Å². The zero-order valence-electron chi connectivity index (χ0n) is 16.8. The van der Waals surface area contributed by atoms with Gasteiger partial charge in [0.2, 0.25) is 0 Å². The van der Waals surface area contributed by atoms with Crippen molar-refractivity contribution in [2.45, 2.75) is 45.5 Å². The molecule has 1 aromatic heterocycles. The van der Waals surface area contributed by atoms with E-state index in [-0.39, 0.29) is 18.5 Å². The van der Waals surface area contributed by atoms with Crippen molar-refractivity contribution >= 4 is 11.3 Å². The Balaban J connectivity index is 1.70. The third kappa shape index (κ3) is 5.97. The fourth-order valence-electron chi connectivity index (χ4n) is 3.21. The van der Waals surface area contributed by atoms with E-state index in [4.69, 9.17) is 4.74 Å². The van der Waals surface area contributed by atoms with Crippen LogP contribution in [-0.2, 0) is 17.6 Å². The number of ether oxygens (including phenoxy) is 1. The van der Waals surface area contributed by atoms with E-state index in [0.717, 1.165) is 22.4 Å². The van der Waals surface area contributed by atoms with Crippen LogP contribution in [0.2, 0.25) is 0 Å². The molecule has 0 saturated carbocycles. The molecule has 2 atom stereocenters. The molecule has 0 spiro atoms. The van der Waals surface area contributed by atoms with Crippen LogP contribution in [0.5, 0.6) is 0 Å². The lowest BCUT2D eigenvalue weighted by molar-refractivity contribution is -0.145. The molecular weight excluding hydrogens is 387 g/mol. The number of aliphatic hydroxyl groups is 2. The highest BCUT2D eigenvalue weighted by molar-refractivity contribution is 7.15. The standard InChI is InChI=1S/C24H27FO3S/c1-3-21(15-26)28-24(27)13-17-5-4-16(2)19(12-17)14-22-10-11-23(29-22)18-6-8-20(25)9-7-18/h4-12,21,24,26-27H,3,13-15H2,1-2H3. The lowest BCUT2D eigenvalue weighted by Crippen LogP contribution is -2.26. The minimum atomic E-state index is -0.936. The summed E-state index contributed by atoms with van der Waals surface area (Å²) in [4.78, 5) is 2.35. The van der Waals surface area contributed by atoms with Crippen LogP contribution < -0.4 is 0 Å². The average molecular weight is 415 g/mol. The maximum Gasteiger partial charge on any atom is 0.159 e. The Morgan fingerprint density at radius 3 is 2.52 bits per heavy atom. The number of halogens is 1. The molecule has 2 N–H and O–H groups in total. The number of thiophene rings is 1. The molecule has 2 aromatic carbocycles. The Kier molecular flexibility index (Phi) is 7.56. The molecule has 29 heavy (non-hydrogen) atoms. The summed E-state index contributed by atoms with van der Waals surface area (Å²) in [5, 5.41) is 19.4. The van der Waals surface area contributed by atoms with Gasteiger partial charge in [-0.05, 0) is 59.9 Å². The first-order valence-electron chi connectivity index (χ1n) is 9.86. The van der Waals surface area contributed by atoms with Gasteiger partial charge in [0.05, 0.1) is 12.7 Å². The van der Waals surface area contributed by atoms with Gasteiger partial charge < -0.3 is 14.9 Å². The Labute approximate surface area is 175 Å². The minimum absolute atomic E-state index is 0.0958. The topological polar surface area (TPSA) is 49.7 Å². The third-order valence-electron chi connectivity index (χ3n) is 4.99.